The number of nitrogens with one attached hydrogen (secondary N) is 1. The van der Waals surface area contributed by atoms with E-state index in [1.165, 1.54) is 29.5 Å². The Kier molecular flexibility index (Phi) is 5.83. The molecule has 27 heavy (non-hydrogen) atoms. The number of hydrogen-bond donors (Lipinski definition) is 1. The number of aryl methyl sites for hydroxylation is 3. The van der Waals surface area contributed by atoms with Crippen molar-refractivity contribution in [2.75, 3.05) is 6.54 Å². The summed E-state index contributed by atoms with van der Waals surface area (Å²) in [5.74, 6) is 0.0146. The van der Waals surface area contributed by atoms with E-state index in [9.17, 15) is 9.59 Å². The number of carbonyl (C=O) groups excluding carboxylic acids is 1. The fraction of sp³-hybridized carbons (Fsp3) is 0.478. The van der Waals surface area contributed by atoms with E-state index < -0.39 is 0 Å². The van der Waals surface area contributed by atoms with Crippen molar-refractivity contribution >= 4 is 5.91 Å². The molecule has 0 bridgehead atoms. The molecule has 3 rings (SSSR count). The number of nitrogens with zero attached hydrogens (tertiary/aromatic N) is 1. The molecule has 0 aliphatic heterocycles. The van der Waals surface area contributed by atoms with Crippen LogP contribution in [0, 0.1) is 20.8 Å². The lowest BCUT2D eigenvalue weighted by atomic mass is 9.77. The highest BCUT2D eigenvalue weighted by Gasteiger charge is 2.36. The Morgan fingerprint density at radius 2 is 1.74 bits per heavy atom. The van der Waals surface area contributed by atoms with Crippen molar-refractivity contribution in [3.63, 3.8) is 0 Å². The van der Waals surface area contributed by atoms with Gasteiger partial charge in [0.15, 0.2) is 0 Å². The quantitative estimate of drug-likeness (QED) is 0.846. The van der Waals surface area contributed by atoms with Crippen molar-refractivity contribution in [3.8, 4) is 0 Å². The van der Waals surface area contributed by atoms with Gasteiger partial charge in [0, 0.05) is 36.7 Å². The average Bonchev–Trinajstić information content (AvgIpc) is 3.09. The zero-order chi connectivity index (χ0) is 19.4. The Balaban J connectivity index is 1.66. The molecule has 2 aromatic rings. The summed E-state index contributed by atoms with van der Waals surface area (Å²) in [7, 11) is 0. The van der Waals surface area contributed by atoms with E-state index in [4.69, 9.17) is 0 Å². The monoisotopic (exact) mass is 366 g/mol. The smallest absolute Gasteiger partial charge is 0.250 e. The van der Waals surface area contributed by atoms with Gasteiger partial charge in [0.05, 0.1) is 0 Å². The molecule has 0 radical (unpaired) electrons. The lowest BCUT2D eigenvalue weighted by molar-refractivity contribution is -0.121. The molecule has 1 amide bonds. The van der Waals surface area contributed by atoms with E-state index in [0.717, 1.165) is 18.5 Å². The van der Waals surface area contributed by atoms with Gasteiger partial charge in [-0.3, -0.25) is 9.59 Å². The average molecular weight is 367 g/mol. The van der Waals surface area contributed by atoms with Gasteiger partial charge >= 0.3 is 0 Å². The Bertz CT molecular complexity index is 856. The van der Waals surface area contributed by atoms with Crippen LogP contribution in [0.25, 0.3) is 0 Å². The van der Waals surface area contributed by atoms with E-state index >= 15 is 0 Å². The molecule has 1 aliphatic carbocycles. The highest BCUT2D eigenvalue weighted by atomic mass is 16.1. The molecule has 1 saturated carbocycles. The number of amides is 1. The summed E-state index contributed by atoms with van der Waals surface area (Å²) >= 11 is 0. The predicted octanol–water partition coefficient (Wildman–Crippen LogP) is 3.79. The van der Waals surface area contributed by atoms with Crippen LogP contribution in [0.2, 0.25) is 0 Å². The van der Waals surface area contributed by atoms with Gasteiger partial charge in [0.25, 0.3) is 5.56 Å². The second kappa shape index (κ2) is 8.12. The van der Waals surface area contributed by atoms with Crippen LogP contribution >= 0.6 is 0 Å². The molecule has 1 N–H and O–H groups in total. The van der Waals surface area contributed by atoms with Crippen molar-refractivity contribution in [3.05, 3.63) is 69.1 Å². The first-order valence-corrected chi connectivity index (χ1v) is 9.92. The minimum atomic E-state index is -0.0506. The van der Waals surface area contributed by atoms with Crippen molar-refractivity contribution in [1.82, 2.24) is 9.88 Å². The first kappa shape index (κ1) is 19.4. The van der Waals surface area contributed by atoms with Crippen LogP contribution in [0.1, 0.15) is 54.5 Å². The summed E-state index contributed by atoms with van der Waals surface area (Å²) in [5, 5.41) is 3.16. The largest absolute Gasteiger partial charge is 0.355 e. The van der Waals surface area contributed by atoms with Crippen molar-refractivity contribution in [2.24, 2.45) is 0 Å². The molecule has 1 fully saturated rings. The van der Waals surface area contributed by atoms with Crippen LogP contribution in [-0.2, 0) is 16.8 Å². The van der Waals surface area contributed by atoms with Crippen LogP contribution in [-0.4, -0.2) is 17.0 Å². The zero-order valence-corrected chi connectivity index (χ0v) is 16.7. The molecule has 4 heteroatoms. The van der Waals surface area contributed by atoms with Gasteiger partial charge in [-0.25, -0.2) is 0 Å². The number of benzene rings is 1. The molecule has 1 heterocycles. The highest BCUT2D eigenvalue weighted by Crippen LogP contribution is 2.41. The fourth-order valence-electron chi connectivity index (χ4n) is 4.38. The van der Waals surface area contributed by atoms with E-state index in [2.05, 4.69) is 37.4 Å². The van der Waals surface area contributed by atoms with Crippen LogP contribution in [0.3, 0.4) is 0 Å². The summed E-state index contributed by atoms with van der Waals surface area (Å²) < 4.78 is 1.66. The molecule has 1 aromatic heterocycles. The van der Waals surface area contributed by atoms with Crippen molar-refractivity contribution in [2.45, 2.75) is 64.8 Å². The molecule has 4 nitrogen and oxygen atoms in total. The van der Waals surface area contributed by atoms with Crippen LogP contribution in [0.5, 0.6) is 0 Å². The maximum absolute atomic E-state index is 12.5. The second-order valence-corrected chi connectivity index (χ2v) is 8.05. The first-order chi connectivity index (χ1) is 12.9. The van der Waals surface area contributed by atoms with Gasteiger partial charge in [-0.15, -0.1) is 0 Å². The third kappa shape index (κ3) is 4.49. The van der Waals surface area contributed by atoms with Gasteiger partial charge in [0.1, 0.15) is 0 Å². The number of aromatic nitrogens is 1. The van der Waals surface area contributed by atoms with Gasteiger partial charge in [-0.05, 0) is 45.2 Å². The molecule has 0 spiro atoms. The normalized spacial score (nSPS) is 15.7. The van der Waals surface area contributed by atoms with E-state index in [0.29, 0.717) is 19.5 Å². The lowest BCUT2D eigenvalue weighted by Gasteiger charge is -2.31. The van der Waals surface area contributed by atoms with Gasteiger partial charge < -0.3 is 9.88 Å². The molecular formula is C23H30N2O2. The van der Waals surface area contributed by atoms with Crippen LogP contribution in [0.15, 0.2) is 41.2 Å². The van der Waals surface area contributed by atoms with Crippen molar-refractivity contribution in [1.29, 1.82) is 0 Å². The zero-order valence-electron chi connectivity index (χ0n) is 16.7. The van der Waals surface area contributed by atoms with E-state index in [1.54, 1.807) is 16.7 Å². The molecule has 0 atom stereocenters. The van der Waals surface area contributed by atoms with Gasteiger partial charge in [-0.2, -0.15) is 0 Å². The minimum absolute atomic E-state index is 0.0146. The summed E-state index contributed by atoms with van der Waals surface area (Å²) in [5.41, 5.74) is 4.80. The molecule has 1 aromatic carbocycles. The topological polar surface area (TPSA) is 51.1 Å². The Hall–Kier alpha value is -2.36. The Morgan fingerprint density at radius 3 is 2.37 bits per heavy atom. The lowest BCUT2D eigenvalue weighted by Crippen LogP contribution is -2.39. The molecule has 144 valence electrons. The molecule has 0 unspecified atom stereocenters. The number of pyridine rings is 1. The SMILES string of the molecule is Cc1cc(C)cc(C2(CNC(=O)CCn3c(C)cccc3=O)CCCC2)c1. The summed E-state index contributed by atoms with van der Waals surface area (Å²) in [6, 6.07) is 11.9. The Morgan fingerprint density at radius 1 is 1.07 bits per heavy atom. The predicted molar refractivity (Wildman–Crippen MR) is 109 cm³/mol. The summed E-state index contributed by atoms with van der Waals surface area (Å²) in [6.07, 6.45) is 4.98. The molecular weight excluding hydrogens is 336 g/mol. The van der Waals surface area contributed by atoms with Gasteiger partial charge in [0.2, 0.25) is 5.91 Å². The number of hydrogen-bond acceptors (Lipinski definition) is 2. The summed E-state index contributed by atoms with van der Waals surface area (Å²) in [6.45, 7) is 7.27. The summed E-state index contributed by atoms with van der Waals surface area (Å²) in [4.78, 5) is 24.4. The first-order valence-electron chi connectivity index (χ1n) is 9.92. The standard InChI is InChI=1S/C23H30N2O2/c1-17-13-18(2)15-20(14-17)23(10-4-5-11-23)16-24-21(26)9-12-25-19(3)7-6-8-22(25)27/h6-8,13-15H,4-5,9-12,16H2,1-3H3,(H,24,26). The second-order valence-electron chi connectivity index (χ2n) is 8.05. The molecule has 0 saturated heterocycles. The maximum Gasteiger partial charge on any atom is 0.250 e. The maximum atomic E-state index is 12.5. The van der Waals surface area contributed by atoms with Gasteiger partial charge in [-0.1, -0.05) is 48.2 Å². The fourth-order valence-corrected chi connectivity index (χ4v) is 4.38. The van der Waals surface area contributed by atoms with Crippen LogP contribution in [0.4, 0.5) is 0 Å². The highest BCUT2D eigenvalue weighted by molar-refractivity contribution is 5.76. The Labute approximate surface area is 161 Å². The van der Waals surface area contributed by atoms with Crippen LogP contribution < -0.4 is 10.9 Å². The number of carbonyl (C=O) groups is 1. The minimum Gasteiger partial charge on any atom is -0.355 e. The van der Waals surface area contributed by atoms with E-state index in [1.807, 2.05) is 13.0 Å². The molecule has 1 aliphatic rings. The van der Waals surface area contributed by atoms with Crippen molar-refractivity contribution < 1.29 is 4.79 Å². The van der Waals surface area contributed by atoms with E-state index in [-0.39, 0.29) is 16.9 Å². The third-order valence-electron chi connectivity index (χ3n) is 5.85. The number of rotatable bonds is 6. The third-order valence-corrected chi connectivity index (χ3v) is 5.85.